The average molecular weight is 305 g/mol. The molecule has 0 fully saturated rings. The van der Waals surface area contributed by atoms with E-state index in [1.807, 2.05) is 30.3 Å². The van der Waals surface area contributed by atoms with Gasteiger partial charge in [-0.25, -0.2) is 0 Å². The fourth-order valence-electron chi connectivity index (χ4n) is 2.51. The summed E-state index contributed by atoms with van der Waals surface area (Å²) in [6.45, 7) is 0. The number of nitrogens with two attached hydrogens (primary N) is 1. The first-order valence-corrected chi connectivity index (χ1v) is 6.79. The molecule has 0 saturated heterocycles. The smallest absolute Gasteiger partial charge is 0.386 e. The van der Waals surface area contributed by atoms with Crippen LogP contribution in [0.5, 0.6) is 0 Å². The number of nitrogens with zero attached hydrogens (tertiary/aromatic N) is 2. The van der Waals surface area contributed by atoms with E-state index >= 15 is 0 Å². The summed E-state index contributed by atoms with van der Waals surface area (Å²) in [7, 11) is 0. The van der Waals surface area contributed by atoms with Crippen molar-refractivity contribution in [1.29, 1.82) is 0 Å². The molecule has 22 heavy (non-hydrogen) atoms. The van der Waals surface area contributed by atoms with E-state index in [9.17, 15) is 13.2 Å². The molecule has 0 spiro atoms. The van der Waals surface area contributed by atoms with Gasteiger partial charge in [-0.1, -0.05) is 30.3 Å². The minimum atomic E-state index is -4.34. The zero-order chi connectivity index (χ0) is 15.7. The SMILES string of the molecule is NC1=NN(c2ccc(C(F)(F)F)cc2)[C@@H](c2ccccc2)C1. The normalized spacial score (nSPS) is 18.4. The van der Waals surface area contributed by atoms with E-state index in [1.54, 1.807) is 5.01 Å². The Hall–Kier alpha value is -2.50. The maximum Gasteiger partial charge on any atom is 0.416 e. The molecule has 1 aliphatic heterocycles. The molecule has 0 radical (unpaired) electrons. The molecule has 2 aromatic carbocycles. The second-order valence-corrected chi connectivity index (χ2v) is 5.11. The lowest BCUT2D eigenvalue weighted by atomic mass is 10.0. The number of hydrogen-bond donors (Lipinski definition) is 1. The number of alkyl halides is 3. The molecule has 0 unspecified atom stereocenters. The summed E-state index contributed by atoms with van der Waals surface area (Å²) in [5, 5.41) is 5.93. The number of anilines is 1. The lowest BCUT2D eigenvalue weighted by Crippen LogP contribution is -2.18. The van der Waals surface area contributed by atoms with Crippen molar-refractivity contribution in [3.8, 4) is 0 Å². The first-order chi connectivity index (χ1) is 10.4. The maximum absolute atomic E-state index is 12.6. The lowest BCUT2D eigenvalue weighted by molar-refractivity contribution is -0.137. The highest BCUT2D eigenvalue weighted by molar-refractivity contribution is 5.85. The van der Waals surface area contributed by atoms with Crippen LogP contribution in [0, 0.1) is 0 Å². The third kappa shape index (κ3) is 2.77. The van der Waals surface area contributed by atoms with Gasteiger partial charge in [0.25, 0.3) is 0 Å². The van der Waals surface area contributed by atoms with Crippen molar-refractivity contribution in [2.45, 2.75) is 18.6 Å². The van der Waals surface area contributed by atoms with Gasteiger partial charge in [-0.15, -0.1) is 0 Å². The monoisotopic (exact) mass is 305 g/mol. The van der Waals surface area contributed by atoms with E-state index in [0.717, 1.165) is 17.7 Å². The van der Waals surface area contributed by atoms with E-state index in [2.05, 4.69) is 5.10 Å². The summed E-state index contributed by atoms with van der Waals surface area (Å²) in [5.74, 6) is 0.466. The van der Waals surface area contributed by atoms with Gasteiger partial charge in [-0.05, 0) is 29.8 Å². The van der Waals surface area contributed by atoms with E-state index in [1.165, 1.54) is 12.1 Å². The summed E-state index contributed by atoms with van der Waals surface area (Å²) in [6, 6.07) is 14.5. The molecule has 0 aromatic heterocycles. The van der Waals surface area contributed by atoms with Crippen molar-refractivity contribution < 1.29 is 13.2 Å². The van der Waals surface area contributed by atoms with E-state index in [-0.39, 0.29) is 6.04 Å². The third-order valence-corrected chi connectivity index (χ3v) is 3.58. The van der Waals surface area contributed by atoms with Crippen molar-refractivity contribution in [2.24, 2.45) is 10.8 Å². The Balaban J connectivity index is 1.92. The summed E-state index contributed by atoms with van der Waals surface area (Å²) < 4.78 is 37.9. The number of halogens is 3. The Labute approximate surface area is 125 Å². The highest BCUT2D eigenvalue weighted by Crippen LogP contribution is 2.36. The molecule has 1 atom stereocenters. The fourth-order valence-corrected chi connectivity index (χ4v) is 2.51. The van der Waals surface area contributed by atoms with E-state index in [4.69, 9.17) is 5.73 Å². The predicted molar refractivity (Wildman–Crippen MR) is 79.3 cm³/mol. The maximum atomic E-state index is 12.6. The third-order valence-electron chi connectivity index (χ3n) is 3.58. The molecular formula is C16H14F3N3. The van der Waals surface area contributed by atoms with Gasteiger partial charge in [0.2, 0.25) is 0 Å². The van der Waals surface area contributed by atoms with Crippen LogP contribution in [0.4, 0.5) is 18.9 Å². The Morgan fingerprint density at radius 1 is 1.00 bits per heavy atom. The summed E-state index contributed by atoms with van der Waals surface area (Å²) in [4.78, 5) is 0. The van der Waals surface area contributed by atoms with Crippen LogP contribution in [0.1, 0.15) is 23.6 Å². The quantitative estimate of drug-likeness (QED) is 0.913. The zero-order valence-electron chi connectivity index (χ0n) is 11.6. The van der Waals surface area contributed by atoms with Crippen LogP contribution >= 0.6 is 0 Å². The number of benzene rings is 2. The molecule has 1 heterocycles. The highest BCUT2D eigenvalue weighted by atomic mass is 19.4. The van der Waals surface area contributed by atoms with Gasteiger partial charge >= 0.3 is 6.18 Å². The number of rotatable bonds is 2. The van der Waals surface area contributed by atoms with Crippen LogP contribution < -0.4 is 10.7 Å². The van der Waals surface area contributed by atoms with Crippen LogP contribution in [0.25, 0.3) is 0 Å². The molecule has 3 nitrogen and oxygen atoms in total. The van der Waals surface area contributed by atoms with Crippen LogP contribution in [0.2, 0.25) is 0 Å². The van der Waals surface area contributed by atoms with Gasteiger partial charge in [0.1, 0.15) is 5.84 Å². The lowest BCUT2D eigenvalue weighted by Gasteiger charge is -2.24. The van der Waals surface area contributed by atoms with Gasteiger partial charge in [0.15, 0.2) is 0 Å². The zero-order valence-corrected chi connectivity index (χ0v) is 11.6. The Kier molecular flexibility index (Phi) is 3.52. The van der Waals surface area contributed by atoms with E-state index in [0.29, 0.717) is 17.9 Å². The molecule has 0 amide bonds. The predicted octanol–water partition coefficient (Wildman–Crippen LogP) is 3.93. The average Bonchev–Trinajstić information content (AvgIpc) is 2.89. The first-order valence-electron chi connectivity index (χ1n) is 6.79. The molecule has 6 heteroatoms. The van der Waals surface area contributed by atoms with Crippen molar-refractivity contribution in [3.05, 3.63) is 65.7 Å². The molecule has 0 bridgehead atoms. The Morgan fingerprint density at radius 3 is 2.23 bits per heavy atom. The minimum absolute atomic E-state index is 0.0991. The Bertz CT molecular complexity index is 678. The number of hydrazone groups is 1. The van der Waals surface area contributed by atoms with Gasteiger partial charge in [0, 0.05) is 6.42 Å². The largest absolute Gasteiger partial charge is 0.416 e. The second-order valence-electron chi connectivity index (χ2n) is 5.11. The molecule has 2 aromatic rings. The topological polar surface area (TPSA) is 41.6 Å². The van der Waals surface area contributed by atoms with Crippen LogP contribution in [0.15, 0.2) is 59.7 Å². The van der Waals surface area contributed by atoms with Crippen LogP contribution in [-0.2, 0) is 6.18 Å². The standard InChI is InChI=1S/C16H14F3N3/c17-16(18,19)12-6-8-13(9-7-12)22-14(10-15(20)21-22)11-4-2-1-3-5-11/h1-9,14H,10H2,(H2,20,21)/t14-/m1/s1. The number of amidine groups is 1. The molecule has 114 valence electrons. The van der Waals surface area contributed by atoms with Crippen molar-refractivity contribution in [3.63, 3.8) is 0 Å². The second kappa shape index (κ2) is 5.36. The molecule has 2 N–H and O–H groups in total. The highest BCUT2D eigenvalue weighted by Gasteiger charge is 2.32. The van der Waals surface area contributed by atoms with Crippen molar-refractivity contribution >= 4 is 11.5 Å². The molecule has 1 aliphatic rings. The van der Waals surface area contributed by atoms with Gasteiger partial charge in [-0.3, -0.25) is 5.01 Å². The van der Waals surface area contributed by atoms with Gasteiger partial charge in [-0.2, -0.15) is 18.3 Å². The molecular weight excluding hydrogens is 291 g/mol. The molecule has 0 aliphatic carbocycles. The van der Waals surface area contributed by atoms with Crippen molar-refractivity contribution in [2.75, 3.05) is 5.01 Å². The minimum Gasteiger partial charge on any atom is -0.386 e. The molecule has 0 saturated carbocycles. The summed E-state index contributed by atoms with van der Waals surface area (Å²) in [6.07, 6.45) is -3.80. The fraction of sp³-hybridized carbons (Fsp3) is 0.188. The number of hydrogen-bond acceptors (Lipinski definition) is 3. The summed E-state index contributed by atoms with van der Waals surface area (Å²) >= 11 is 0. The Morgan fingerprint density at radius 2 is 1.64 bits per heavy atom. The van der Waals surface area contributed by atoms with E-state index < -0.39 is 11.7 Å². The summed E-state index contributed by atoms with van der Waals surface area (Å²) in [5.41, 5.74) is 6.75. The van der Waals surface area contributed by atoms with Gasteiger partial charge in [0.05, 0.1) is 17.3 Å². The molecule has 3 rings (SSSR count). The van der Waals surface area contributed by atoms with Crippen LogP contribution in [-0.4, -0.2) is 5.84 Å². The van der Waals surface area contributed by atoms with Crippen molar-refractivity contribution in [1.82, 2.24) is 0 Å². The van der Waals surface area contributed by atoms with Crippen LogP contribution in [0.3, 0.4) is 0 Å². The van der Waals surface area contributed by atoms with Gasteiger partial charge < -0.3 is 5.73 Å². The first kappa shape index (κ1) is 14.4.